The summed E-state index contributed by atoms with van der Waals surface area (Å²) in [6, 6.07) is 16.9. The van der Waals surface area contributed by atoms with Crippen LogP contribution in [-0.4, -0.2) is 58.4 Å². The Balaban J connectivity index is 1.30. The molecular formula is C29H30ClN3O6S. The number of benzene rings is 3. The zero-order valence-electron chi connectivity index (χ0n) is 22.2. The van der Waals surface area contributed by atoms with E-state index in [2.05, 4.69) is 5.32 Å². The molecule has 210 valence electrons. The normalized spacial score (nSPS) is 17.3. The van der Waals surface area contributed by atoms with Crippen LogP contribution in [-0.2, 0) is 21.2 Å². The molecule has 5 rings (SSSR count). The van der Waals surface area contributed by atoms with E-state index >= 15 is 0 Å². The van der Waals surface area contributed by atoms with E-state index in [0.717, 1.165) is 11.3 Å². The number of amides is 2. The summed E-state index contributed by atoms with van der Waals surface area (Å²) in [5.74, 6) is -0.0793. The van der Waals surface area contributed by atoms with Crippen molar-refractivity contribution < 1.29 is 27.5 Å². The Labute approximate surface area is 238 Å². The molecule has 3 aromatic rings. The molecule has 1 N–H and O–H groups in total. The number of ether oxygens (including phenoxy) is 2. The largest absolute Gasteiger partial charge is 0.497 e. The first-order valence-electron chi connectivity index (χ1n) is 12.9. The number of rotatable bonds is 7. The van der Waals surface area contributed by atoms with Gasteiger partial charge in [-0.15, -0.1) is 0 Å². The Kier molecular flexibility index (Phi) is 8.02. The van der Waals surface area contributed by atoms with Gasteiger partial charge in [0, 0.05) is 41.6 Å². The molecule has 2 aliphatic rings. The second kappa shape index (κ2) is 11.5. The number of sulfonamides is 1. The van der Waals surface area contributed by atoms with Gasteiger partial charge in [0.25, 0.3) is 5.91 Å². The highest BCUT2D eigenvalue weighted by atomic mass is 35.5. The predicted octanol–water partition coefficient (Wildman–Crippen LogP) is 4.60. The molecular weight excluding hydrogens is 554 g/mol. The van der Waals surface area contributed by atoms with Crippen LogP contribution in [0.5, 0.6) is 11.5 Å². The Bertz CT molecular complexity index is 1540. The molecule has 1 saturated heterocycles. The van der Waals surface area contributed by atoms with E-state index in [4.69, 9.17) is 21.1 Å². The number of piperidine rings is 1. The van der Waals surface area contributed by atoms with Gasteiger partial charge in [-0.2, -0.15) is 4.31 Å². The average molecular weight is 584 g/mol. The maximum Gasteiger partial charge on any atom is 0.258 e. The fraction of sp³-hybridized carbons (Fsp3) is 0.310. The monoisotopic (exact) mass is 583 g/mol. The number of hydrogen-bond donors (Lipinski definition) is 1. The van der Waals surface area contributed by atoms with Crippen molar-refractivity contribution in [3.63, 3.8) is 0 Å². The number of hydrogen-bond acceptors (Lipinski definition) is 6. The molecule has 11 heteroatoms. The van der Waals surface area contributed by atoms with Gasteiger partial charge in [-0.25, -0.2) is 8.42 Å². The molecule has 0 bridgehead atoms. The van der Waals surface area contributed by atoms with Gasteiger partial charge in [0.1, 0.15) is 16.4 Å². The van der Waals surface area contributed by atoms with Crippen LogP contribution in [0.2, 0.25) is 5.02 Å². The first-order valence-corrected chi connectivity index (χ1v) is 14.8. The molecule has 0 spiro atoms. The van der Waals surface area contributed by atoms with Gasteiger partial charge in [-0.1, -0.05) is 17.7 Å². The zero-order valence-corrected chi connectivity index (χ0v) is 23.8. The van der Waals surface area contributed by atoms with Gasteiger partial charge < -0.3 is 19.7 Å². The number of nitrogens with zero attached hydrogens (tertiary/aromatic N) is 2. The molecule has 0 aliphatic carbocycles. The lowest BCUT2D eigenvalue weighted by Crippen LogP contribution is -2.43. The van der Waals surface area contributed by atoms with Crippen molar-refractivity contribution in [3.8, 4) is 11.5 Å². The lowest BCUT2D eigenvalue weighted by Gasteiger charge is -2.31. The van der Waals surface area contributed by atoms with Crippen LogP contribution < -0.4 is 19.7 Å². The fourth-order valence-electron chi connectivity index (χ4n) is 5.17. The third-order valence-corrected chi connectivity index (χ3v) is 9.45. The highest BCUT2D eigenvalue weighted by Crippen LogP contribution is 2.34. The van der Waals surface area contributed by atoms with Crippen LogP contribution in [0.3, 0.4) is 0 Å². The molecule has 0 unspecified atom stereocenters. The van der Waals surface area contributed by atoms with Crippen LogP contribution in [0, 0.1) is 5.92 Å². The Hall–Kier alpha value is -3.60. The molecule has 1 fully saturated rings. The van der Waals surface area contributed by atoms with Gasteiger partial charge in [0.15, 0.2) is 0 Å². The molecule has 0 radical (unpaired) electrons. The quantitative estimate of drug-likeness (QED) is 0.436. The maximum absolute atomic E-state index is 13.4. The van der Waals surface area contributed by atoms with Gasteiger partial charge in [-0.3, -0.25) is 9.59 Å². The van der Waals surface area contributed by atoms with Crippen molar-refractivity contribution in [3.05, 3.63) is 76.8 Å². The van der Waals surface area contributed by atoms with Crippen molar-refractivity contribution in [2.75, 3.05) is 44.1 Å². The van der Waals surface area contributed by atoms with Crippen LogP contribution >= 0.6 is 11.6 Å². The van der Waals surface area contributed by atoms with Crippen molar-refractivity contribution in [2.45, 2.75) is 24.2 Å². The molecule has 0 aromatic heterocycles. The van der Waals surface area contributed by atoms with Gasteiger partial charge in [-0.05, 0) is 79.4 Å². The topological polar surface area (TPSA) is 105 Å². The minimum atomic E-state index is -3.93. The molecule has 1 atom stereocenters. The molecule has 2 amide bonds. The van der Waals surface area contributed by atoms with E-state index in [9.17, 15) is 18.0 Å². The fourth-order valence-corrected chi connectivity index (χ4v) is 7.11. The minimum Gasteiger partial charge on any atom is -0.497 e. The lowest BCUT2D eigenvalue weighted by atomic mass is 9.98. The molecule has 2 aliphatic heterocycles. The van der Waals surface area contributed by atoms with Crippen LogP contribution in [0.25, 0.3) is 0 Å². The van der Waals surface area contributed by atoms with E-state index in [1.807, 2.05) is 12.1 Å². The molecule has 2 heterocycles. The lowest BCUT2D eigenvalue weighted by molar-refractivity contribution is -0.120. The summed E-state index contributed by atoms with van der Waals surface area (Å²) in [6.07, 6.45) is 1.81. The van der Waals surface area contributed by atoms with E-state index < -0.39 is 15.9 Å². The van der Waals surface area contributed by atoms with Gasteiger partial charge in [0.05, 0.1) is 20.1 Å². The molecule has 0 saturated carbocycles. The number of carbonyl (C=O) groups excluding carboxylic acids is 2. The van der Waals surface area contributed by atoms with Crippen molar-refractivity contribution >= 4 is 44.8 Å². The summed E-state index contributed by atoms with van der Waals surface area (Å²) in [7, 11) is -0.958. The van der Waals surface area contributed by atoms with Crippen molar-refractivity contribution in [1.82, 2.24) is 4.31 Å². The first-order chi connectivity index (χ1) is 19.2. The Morgan fingerprint density at radius 2 is 1.75 bits per heavy atom. The number of nitrogens with one attached hydrogen (secondary N) is 1. The molecule has 3 aromatic carbocycles. The summed E-state index contributed by atoms with van der Waals surface area (Å²) in [5.41, 5.74) is 2.86. The molecule has 40 heavy (non-hydrogen) atoms. The predicted molar refractivity (Wildman–Crippen MR) is 153 cm³/mol. The summed E-state index contributed by atoms with van der Waals surface area (Å²) in [6.45, 7) is 0.875. The van der Waals surface area contributed by atoms with E-state index in [1.54, 1.807) is 48.4 Å². The zero-order chi connectivity index (χ0) is 28.4. The maximum atomic E-state index is 13.4. The summed E-state index contributed by atoms with van der Waals surface area (Å²) >= 11 is 6.07. The number of methoxy groups -OCH3 is 2. The van der Waals surface area contributed by atoms with Crippen molar-refractivity contribution in [2.24, 2.45) is 5.92 Å². The number of carbonyl (C=O) groups is 2. The SMILES string of the molecule is COc1ccc(C(=O)N2CCc3ccc(NC(=O)[C@H]4CCCN(S(=O)(=O)c5cc(Cl)ccc5OC)C4)cc32)cc1. The third kappa shape index (κ3) is 5.52. The highest BCUT2D eigenvalue weighted by Gasteiger charge is 2.35. The van der Waals surface area contributed by atoms with Gasteiger partial charge in [0.2, 0.25) is 15.9 Å². The van der Waals surface area contributed by atoms with Crippen LogP contribution in [0.1, 0.15) is 28.8 Å². The van der Waals surface area contributed by atoms with Crippen molar-refractivity contribution in [1.29, 1.82) is 0 Å². The van der Waals surface area contributed by atoms with E-state index in [-0.39, 0.29) is 34.0 Å². The number of halogens is 1. The van der Waals surface area contributed by atoms with E-state index in [0.29, 0.717) is 49.4 Å². The smallest absolute Gasteiger partial charge is 0.258 e. The minimum absolute atomic E-state index is 0.0243. The van der Waals surface area contributed by atoms with Crippen LogP contribution in [0.4, 0.5) is 11.4 Å². The third-order valence-electron chi connectivity index (χ3n) is 7.33. The Morgan fingerprint density at radius 3 is 2.48 bits per heavy atom. The standard InChI is InChI=1S/C29H30ClN3O6S/c1-38-24-10-6-20(7-11-24)29(35)33-15-13-19-5-9-23(17-25(19)33)31-28(34)21-4-3-14-32(18-21)40(36,37)27-16-22(30)8-12-26(27)39-2/h5-12,16-17,21H,3-4,13-15,18H2,1-2H3,(H,31,34)/t21-/m0/s1. The van der Waals surface area contributed by atoms with Gasteiger partial charge >= 0.3 is 0 Å². The summed E-state index contributed by atoms with van der Waals surface area (Å²) < 4.78 is 38.6. The van der Waals surface area contributed by atoms with E-state index in [1.165, 1.54) is 23.5 Å². The summed E-state index contributed by atoms with van der Waals surface area (Å²) in [5, 5.41) is 3.22. The molecule has 9 nitrogen and oxygen atoms in total. The first kappa shape index (κ1) is 27.9. The van der Waals surface area contributed by atoms with Crippen LogP contribution in [0.15, 0.2) is 65.6 Å². The highest BCUT2D eigenvalue weighted by molar-refractivity contribution is 7.89. The second-order valence-corrected chi connectivity index (χ2v) is 12.1. The number of fused-ring (bicyclic) bond motifs is 1. The Morgan fingerprint density at radius 1 is 0.975 bits per heavy atom. The number of anilines is 2. The summed E-state index contributed by atoms with van der Waals surface area (Å²) in [4.78, 5) is 28.2. The average Bonchev–Trinajstić information content (AvgIpc) is 3.40. The second-order valence-electron chi connectivity index (χ2n) is 9.77.